The molecule has 0 saturated carbocycles. The fraction of sp³-hybridized carbons (Fsp3) is 0.391. The van der Waals surface area contributed by atoms with E-state index in [1.165, 1.54) is 0 Å². The average molecular weight is 407 g/mol. The number of para-hydroxylation sites is 2. The topological polar surface area (TPSA) is 76.8 Å². The second-order valence-corrected chi connectivity index (χ2v) is 7.85. The smallest absolute Gasteiger partial charge is 0.241 e. The largest absolute Gasteiger partial charge is 0.486 e. The second-order valence-electron chi connectivity index (χ2n) is 7.85. The molecule has 0 bridgehead atoms. The van der Waals surface area contributed by atoms with Gasteiger partial charge in [0.05, 0.1) is 6.04 Å². The van der Waals surface area contributed by atoms with Crippen LogP contribution >= 0.6 is 0 Å². The molecule has 7 heteroatoms. The Balaban J connectivity index is 1.19. The molecule has 7 nitrogen and oxygen atoms in total. The van der Waals surface area contributed by atoms with Crippen LogP contribution in [0.25, 0.3) is 11.1 Å². The molecule has 1 aromatic heterocycles. The van der Waals surface area contributed by atoms with Crippen molar-refractivity contribution in [1.29, 1.82) is 0 Å². The van der Waals surface area contributed by atoms with Crippen LogP contribution in [0.3, 0.4) is 0 Å². The first-order valence-corrected chi connectivity index (χ1v) is 10.5. The molecule has 0 radical (unpaired) electrons. The number of nitrogens with one attached hydrogen (secondary N) is 1. The Kier molecular flexibility index (Phi) is 5.04. The van der Waals surface area contributed by atoms with Crippen LogP contribution in [0.4, 0.5) is 5.69 Å². The average Bonchev–Trinajstić information content (AvgIpc) is 3.23. The van der Waals surface area contributed by atoms with Crippen LogP contribution in [0.1, 0.15) is 31.6 Å². The normalized spacial score (nSPS) is 18.3. The van der Waals surface area contributed by atoms with Gasteiger partial charge in [-0.25, -0.2) is 4.98 Å². The van der Waals surface area contributed by atoms with Crippen molar-refractivity contribution >= 4 is 22.7 Å². The molecule has 2 aromatic carbocycles. The fourth-order valence-corrected chi connectivity index (χ4v) is 4.13. The van der Waals surface area contributed by atoms with Gasteiger partial charge >= 0.3 is 0 Å². The number of hydrogen-bond acceptors (Lipinski definition) is 6. The van der Waals surface area contributed by atoms with Gasteiger partial charge < -0.3 is 19.2 Å². The van der Waals surface area contributed by atoms with Crippen molar-refractivity contribution in [2.45, 2.75) is 31.7 Å². The number of anilines is 1. The van der Waals surface area contributed by atoms with Gasteiger partial charge in [0.15, 0.2) is 23.0 Å². The van der Waals surface area contributed by atoms with Crippen molar-refractivity contribution in [3.8, 4) is 11.5 Å². The molecule has 3 heterocycles. The summed E-state index contributed by atoms with van der Waals surface area (Å²) >= 11 is 0. The Bertz CT molecular complexity index is 1020. The van der Waals surface area contributed by atoms with Crippen LogP contribution in [0, 0.1) is 0 Å². The first-order chi connectivity index (χ1) is 14.7. The van der Waals surface area contributed by atoms with Gasteiger partial charge in [0.1, 0.15) is 18.7 Å². The number of hydrogen-bond donors (Lipinski definition) is 1. The van der Waals surface area contributed by atoms with Gasteiger partial charge in [0, 0.05) is 17.7 Å². The molecule has 0 aliphatic carbocycles. The lowest BCUT2D eigenvalue weighted by molar-refractivity contribution is -0.121. The molecule has 156 valence electrons. The van der Waals surface area contributed by atoms with Gasteiger partial charge in [-0.15, -0.1) is 0 Å². The van der Waals surface area contributed by atoms with Gasteiger partial charge in [0.25, 0.3) is 0 Å². The van der Waals surface area contributed by atoms with Crippen LogP contribution in [-0.4, -0.2) is 48.1 Å². The summed E-state index contributed by atoms with van der Waals surface area (Å²) in [7, 11) is 0. The highest BCUT2D eigenvalue weighted by molar-refractivity contribution is 5.94. The molecule has 1 atom stereocenters. The Morgan fingerprint density at radius 3 is 2.67 bits per heavy atom. The summed E-state index contributed by atoms with van der Waals surface area (Å²) in [4.78, 5) is 19.7. The summed E-state index contributed by atoms with van der Waals surface area (Å²) in [6, 6.07) is 13.1. The number of benzene rings is 2. The summed E-state index contributed by atoms with van der Waals surface area (Å²) in [6.07, 6.45) is 1.85. The SMILES string of the molecule is CC(C(=O)Nc1ccc2c(c1)OCCO2)N1CCC(c2nc3ccccc3o2)CC1. The van der Waals surface area contributed by atoms with E-state index in [2.05, 4.69) is 15.2 Å². The molecular formula is C23H25N3O4. The number of carbonyl (C=O) groups excluding carboxylic acids is 1. The molecule has 2 aliphatic heterocycles. The summed E-state index contributed by atoms with van der Waals surface area (Å²) in [6.45, 7) is 4.69. The van der Waals surface area contributed by atoms with E-state index in [-0.39, 0.29) is 11.9 Å². The van der Waals surface area contributed by atoms with E-state index >= 15 is 0 Å². The molecule has 1 amide bonds. The number of piperidine rings is 1. The highest BCUT2D eigenvalue weighted by Gasteiger charge is 2.29. The number of carbonyl (C=O) groups is 1. The van der Waals surface area contributed by atoms with Crippen LogP contribution in [0.5, 0.6) is 11.5 Å². The molecule has 1 saturated heterocycles. The lowest BCUT2D eigenvalue weighted by atomic mass is 9.95. The van der Waals surface area contributed by atoms with E-state index in [1.807, 2.05) is 49.4 Å². The van der Waals surface area contributed by atoms with Crippen LogP contribution < -0.4 is 14.8 Å². The summed E-state index contributed by atoms with van der Waals surface area (Å²) < 4.78 is 17.1. The van der Waals surface area contributed by atoms with E-state index in [1.54, 1.807) is 0 Å². The van der Waals surface area contributed by atoms with Crippen molar-refractivity contribution in [3.63, 3.8) is 0 Å². The van der Waals surface area contributed by atoms with Crippen molar-refractivity contribution < 1.29 is 18.7 Å². The zero-order valence-corrected chi connectivity index (χ0v) is 17.0. The Labute approximate surface area is 175 Å². The molecule has 5 rings (SSSR count). The predicted octanol–water partition coefficient (Wildman–Crippen LogP) is 3.81. The number of nitrogens with zero attached hydrogens (tertiary/aromatic N) is 2. The minimum atomic E-state index is -0.220. The number of amides is 1. The first-order valence-electron chi connectivity index (χ1n) is 10.5. The van der Waals surface area contributed by atoms with Crippen LogP contribution in [0.15, 0.2) is 46.9 Å². The van der Waals surface area contributed by atoms with Gasteiger partial charge in [-0.3, -0.25) is 9.69 Å². The number of fused-ring (bicyclic) bond motifs is 2. The maximum atomic E-state index is 12.8. The Morgan fingerprint density at radius 1 is 1.10 bits per heavy atom. The van der Waals surface area contributed by atoms with Gasteiger partial charge in [-0.05, 0) is 57.1 Å². The Morgan fingerprint density at radius 2 is 1.87 bits per heavy atom. The third kappa shape index (κ3) is 3.73. The third-order valence-electron chi connectivity index (χ3n) is 5.93. The van der Waals surface area contributed by atoms with Gasteiger partial charge in [-0.2, -0.15) is 0 Å². The van der Waals surface area contributed by atoms with Gasteiger partial charge in [0.2, 0.25) is 5.91 Å². The van der Waals surface area contributed by atoms with E-state index < -0.39 is 0 Å². The van der Waals surface area contributed by atoms with Crippen LogP contribution in [-0.2, 0) is 4.79 Å². The lowest BCUT2D eigenvalue weighted by Crippen LogP contribution is -2.45. The zero-order valence-electron chi connectivity index (χ0n) is 17.0. The number of rotatable bonds is 4. The van der Waals surface area contributed by atoms with Gasteiger partial charge in [-0.1, -0.05) is 12.1 Å². The molecule has 2 aliphatic rings. The molecular weight excluding hydrogens is 382 g/mol. The monoisotopic (exact) mass is 407 g/mol. The highest BCUT2D eigenvalue weighted by atomic mass is 16.6. The maximum Gasteiger partial charge on any atom is 0.241 e. The van der Waals surface area contributed by atoms with E-state index in [0.29, 0.717) is 30.6 Å². The highest BCUT2D eigenvalue weighted by Crippen LogP contribution is 2.33. The van der Waals surface area contributed by atoms with E-state index in [9.17, 15) is 4.79 Å². The summed E-state index contributed by atoms with van der Waals surface area (Å²) in [5.74, 6) is 2.47. The fourth-order valence-electron chi connectivity index (χ4n) is 4.13. The summed E-state index contributed by atoms with van der Waals surface area (Å²) in [5, 5.41) is 3.00. The number of oxazole rings is 1. The molecule has 1 fully saturated rings. The molecule has 1 unspecified atom stereocenters. The van der Waals surface area contributed by atoms with Crippen molar-refractivity contribution in [1.82, 2.24) is 9.88 Å². The van der Waals surface area contributed by atoms with Crippen LogP contribution in [0.2, 0.25) is 0 Å². The minimum Gasteiger partial charge on any atom is -0.486 e. The molecule has 30 heavy (non-hydrogen) atoms. The predicted molar refractivity (Wildman–Crippen MR) is 113 cm³/mol. The molecule has 1 N–H and O–H groups in total. The van der Waals surface area contributed by atoms with Crippen molar-refractivity contribution in [2.24, 2.45) is 0 Å². The number of ether oxygens (including phenoxy) is 2. The van der Waals surface area contributed by atoms with Crippen molar-refractivity contribution in [2.75, 3.05) is 31.6 Å². The quantitative estimate of drug-likeness (QED) is 0.709. The zero-order chi connectivity index (χ0) is 20.5. The summed E-state index contributed by atoms with van der Waals surface area (Å²) in [5.41, 5.74) is 2.46. The Hall–Kier alpha value is -3.06. The maximum absolute atomic E-state index is 12.8. The second kappa shape index (κ2) is 7.99. The van der Waals surface area contributed by atoms with Crippen molar-refractivity contribution in [3.05, 3.63) is 48.4 Å². The van der Waals surface area contributed by atoms with E-state index in [4.69, 9.17) is 13.9 Å². The standard InChI is InChI=1S/C23H25N3O4/c1-15(22(27)24-17-6-7-20-21(14-17)29-13-12-28-20)26-10-8-16(9-11-26)23-25-18-4-2-3-5-19(18)30-23/h2-7,14-16H,8-13H2,1H3,(H,24,27). The van der Waals surface area contributed by atoms with E-state index in [0.717, 1.165) is 48.6 Å². The minimum absolute atomic E-state index is 0.0213. The number of aromatic nitrogens is 1. The third-order valence-corrected chi connectivity index (χ3v) is 5.93. The number of likely N-dealkylation sites (tertiary alicyclic amines) is 1. The molecule has 3 aromatic rings. The molecule has 0 spiro atoms. The first kappa shape index (κ1) is 18.9. The lowest BCUT2D eigenvalue weighted by Gasteiger charge is -2.34.